The number of carbonyl (C=O) groups excluding carboxylic acids is 1. The van der Waals surface area contributed by atoms with Crippen LogP contribution in [0.1, 0.15) is 117 Å². The second-order valence-electron chi connectivity index (χ2n) is 15.2. The van der Waals surface area contributed by atoms with Crippen LogP contribution >= 0.6 is 0 Å². The van der Waals surface area contributed by atoms with Crippen molar-refractivity contribution in [2.45, 2.75) is 118 Å². The van der Waals surface area contributed by atoms with Gasteiger partial charge in [-0.1, -0.05) is 140 Å². The summed E-state index contributed by atoms with van der Waals surface area (Å²) < 4.78 is 0. The minimum Gasteiger partial charge on any atom is -0.299 e. The molecule has 4 fully saturated rings. The summed E-state index contributed by atoms with van der Waals surface area (Å²) in [7, 11) is 0. The lowest BCUT2D eigenvalue weighted by molar-refractivity contribution is -0.130. The van der Waals surface area contributed by atoms with E-state index in [1.165, 1.54) is 80.1 Å². The van der Waals surface area contributed by atoms with E-state index >= 15 is 0 Å². The molecule has 0 amide bonds. The number of fused-ring (bicyclic) bond motifs is 1. The van der Waals surface area contributed by atoms with Gasteiger partial charge in [0.1, 0.15) is 5.78 Å². The summed E-state index contributed by atoms with van der Waals surface area (Å²) >= 11 is 0. The first-order valence-electron chi connectivity index (χ1n) is 17.8. The fraction of sp³-hybridized carbons (Fsp3) is 0.643. The van der Waals surface area contributed by atoms with Crippen LogP contribution in [0, 0.1) is 52.8 Å². The van der Waals surface area contributed by atoms with Crippen molar-refractivity contribution in [2.75, 3.05) is 0 Å². The van der Waals surface area contributed by atoms with Crippen molar-refractivity contribution in [1.82, 2.24) is 0 Å². The van der Waals surface area contributed by atoms with Crippen LogP contribution in [0.5, 0.6) is 0 Å². The third kappa shape index (κ3) is 7.75. The normalized spacial score (nSPS) is 27.5. The second kappa shape index (κ2) is 14.8. The summed E-state index contributed by atoms with van der Waals surface area (Å²) in [6.07, 6.45) is 15.3. The molecule has 4 aliphatic rings. The second-order valence-corrected chi connectivity index (χ2v) is 15.2. The Morgan fingerprint density at radius 2 is 1.56 bits per heavy atom. The first-order valence-corrected chi connectivity index (χ1v) is 17.8. The molecule has 0 spiro atoms. The number of rotatable bonds is 14. The van der Waals surface area contributed by atoms with Gasteiger partial charge in [0.05, 0.1) is 0 Å². The Bertz CT molecular complexity index is 1140. The Morgan fingerprint density at radius 1 is 0.907 bits per heavy atom. The Labute approximate surface area is 265 Å². The third-order valence-corrected chi connectivity index (χ3v) is 12.1. The maximum absolute atomic E-state index is 14.8. The number of hydrogen-bond donors (Lipinski definition) is 0. The van der Waals surface area contributed by atoms with Crippen molar-refractivity contribution in [1.29, 1.82) is 0 Å². The van der Waals surface area contributed by atoms with Crippen LogP contribution in [0.25, 0.3) is 0 Å². The van der Waals surface area contributed by atoms with Gasteiger partial charge >= 0.3 is 0 Å². The Balaban J connectivity index is 0.00000207. The minimum atomic E-state index is 0.114. The molecule has 0 aromatic heterocycles. The van der Waals surface area contributed by atoms with E-state index in [-0.39, 0.29) is 11.8 Å². The van der Waals surface area contributed by atoms with E-state index < -0.39 is 0 Å². The van der Waals surface area contributed by atoms with Gasteiger partial charge in [0, 0.05) is 11.8 Å². The number of benzene rings is 1. The topological polar surface area (TPSA) is 17.1 Å². The molecule has 1 heteroatoms. The van der Waals surface area contributed by atoms with Crippen molar-refractivity contribution in [3.05, 3.63) is 84.5 Å². The summed E-state index contributed by atoms with van der Waals surface area (Å²) in [5, 5.41) is 0. The number of allylic oxidation sites excluding steroid dienone is 4. The highest BCUT2D eigenvalue weighted by molar-refractivity contribution is 5.85. The zero-order chi connectivity index (χ0) is 31.3. The lowest BCUT2D eigenvalue weighted by Gasteiger charge is -2.37. The van der Waals surface area contributed by atoms with Gasteiger partial charge in [0.25, 0.3) is 0 Å². The van der Waals surface area contributed by atoms with E-state index in [1.54, 1.807) is 0 Å². The average molecular weight is 583 g/mol. The molecule has 5 rings (SSSR count). The molecule has 6 atom stereocenters. The maximum Gasteiger partial charge on any atom is 0.140 e. The summed E-state index contributed by atoms with van der Waals surface area (Å²) in [4.78, 5) is 14.8. The summed E-state index contributed by atoms with van der Waals surface area (Å²) in [5.74, 6) is 4.12. The summed E-state index contributed by atoms with van der Waals surface area (Å²) in [5.41, 5.74) is 6.51. The molecule has 0 radical (unpaired) electrons. The Kier molecular flexibility index (Phi) is 11.6. The van der Waals surface area contributed by atoms with Crippen LogP contribution in [0.3, 0.4) is 0 Å². The molecule has 0 saturated heterocycles. The highest BCUT2D eigenvalue weighted by atomic mass is 16.1. The number of ketones is 1. The molecular weight excluding hydrogens is 520 g/mol. The SMILES string of the molecule is C=C(Cc1ccccc1)CC(C(=O)C1CC2C(C1C(=C)CC(CC1CCC1)C(=C)C(=C)C)C2(C)C)C1CCCCC1.CC. The van der Waals surface area contributed by atoms with E-state index in [1.807, 2.05) is 13.8 Å². The summed E-state index contributed by atoms with van der Waals surface area (Å²) in [6, 6.07) is 10.7. The number of carbonyl (C=O) groups is 1. The summed E-state index contributed by atoms with van der Waals surface area (Å²) in [6.45, 7) is 29.0. The molecule has 0 N–H and O–H groups in total. The lowest BCUT2D eigenvalue weighted by atomic mass is 9.67. The highest BCUT2D eigenvalue weighted by Gasteiger charge is 2.68. The van der Waals surface area contributed by atoms with Crippen LogP contribution in [-0.2, 0) is 11.2 Å². The van der Waals surface area contributed by atoms with Gasteiger partial charge in [-0.25, -0.2) is 0 Å². The quantitative estimate of drug-likeness (QED) is 0.157. The molecule has 4 saturated carbocycles. The average Bonchev–Trinajstić information content (AvgIpc) is 3.29. The number of hydrogen-bond acceptors (Lipinski definition) is 1. The first kappa shape index (κ1) is 33.7. The van der Waals surface area contributed by atoms with Crippen molar-refractivity contribution in [2.24, 2.45) is 52.8 Å². The van der Waals surface area contributed by atoms with E-state index in [0.29, 0.717) is 40.8 Å². The molecule has 1 aromatic rings. The van der Waals surface area contributed by atoms with Crippen molar-refractivity contribution in [3.63, 3.8) is 0 Å². The van der Waals surface area contributed by atoms with Gasteiger partial charge in [0.2, 0.25) is 0 Å². The molecule has 1 aromatic carbocycles. The monoisotopic (exact) mass is 582 g/mol. The largest absolute Gasteiger partial charge is 0.299 e. The van der Waals surface area contributed by atoms with Gasteiger partial charge in [-0.05, 0) is 104 Å². The van der Waals surface area contributed by atoms with Crippen molar-refractivity contribution < 1.29 is 4.79 Å². The predicted molar refractivity (Wildman–Crippen MR) is 186 cm³/mol. The van der Waals surface area contributed by atoms with Crippen LogP contribution in [0.2, 0.25) is 0 Å². The highest BCUT2D eigenvalue weighted by Crippen LogP contribution is 2.72. The van der Waals surface area contributed by atoms with Crippen molar-refractivity contribution in [3.8, 4) is 0 Å². The van der Waals surface area contributed by atoms with Crippen LogP contribution in [-0.4, -0.2) is 5.78 Å². The van der Waals surface area contributed by atoms with E-state index in [9.17, 15) is 4.79 Å². The molecule has 43 heavy (non-hydrogen) atoms. The zero-order valence-electron chi connectivity index (χ0n) is 28.4. The van der Waals surface area contributed by atoms with Crippen LogP contribution in [0.4, 0.5) is 0 Å². The Morgan fingerprint density at radius 3 is 2.14 bits per heavy atom. The van der Waals surface area contributed by atoms with E-state index in [4.69, 9.17) is 6.58 Å². The molecular formula is C42H62O. The van der Waals surface area contributed by atoms with Gasteiger partial charge in [-0.15, -0.1) is 0 Å². The van der Waals surface area contributed by atoms with Gasteiger partial charge in [-0.2, -0.15) is 0 Å². The lowest BCUT2D eigenvalue weighted by Crippen LogP contribution is -2.36. The van der Waals surface area contributed by atoms with Gasteiger partial charge in [-0.3, -0.25) is 4.79 Å². The number of Topliss-reactive ketones (excluding diaryl/α,β-unsaturated/α-hetero) is 1. The molecule has 4 aliphatic carbocycles. The molecule has 6 unspecified atom stereocenters. The smallest absolute Gasteiger partial charge is 0.140 e. The zero-order valence-corrected chi connectivity index (χ0v) is 28.4. The van der Waals surface area contributed by atoms with Gasteiger partial charge in [0.15, 0.2) is 0 Å². The van der Waals surface area contributed by atoms with E-state index in [2.05, 4.69) is 70.8 Å². The molecule has 0 bridgehead atoms. The standard InChI is InChI=1S/C40H56O.C2H6/c1-26(2)29(5)33(24-31-17-14-18-31)23-28(4)37-35(25-36-38(37)40(36,6)7)39(41)34(32-19-12-9-13-20-32)22-27(3)21-30-15-10-8-11-16-30;1-2/h8,10-11,15-16,31-38H,1,3-5,9,12-14,17-25H2,2,6-7H3;1-2H3. The van der Waals surface area contributed by atoms with Crippen molar-refractivity contribution >= 4 is 5.78 Å². The fourth-order valence-corrected chi connectivity index (χ4v) is 9.31. The van der Waals surface area contributed by atoms with E-state index in [0.717, 1.165) is 37.2 Å². The van der Waals surface area contributed by atoms with Gasteiger partial charge < -0.3 is 0 Å². The third-order valence-electron chi connectivity index (χ3n) is 12.1. The minimum absolute atomic E-state index is 0.114. The van der Waals surface area contributed by atoms with Crippen LogP contribution in [0.15, 0.2) is 78.9 Å². The molecule has 236 valence electrons. The predicted octanol–water partition coefficient (Wildman–Crippen LogP) is 11.8. The Hall–Kier alpha value is -2.15. The fourth-order valence-electron chi connectivity index (χ4n) is 9.31. The molecule has 1 nitrogen and oxygen atoms in total. The molecule has 0 aliphatic heterocycles. The maximum atomic E-state index is 14.8. The molecule has 0 heterocycles. The first-order chi connectivity index (χ1) is 20.6. The van der Waals surface area contributed by atoms with Crippen LogP contribution < -0.4 is 0 Å².